The van der Waals surface area contributed by atoms with Crippen LogP contribution in [0.1, 0.15) is 0 Å². The average Bonchev–Trinajstić information content (AvgIpc) is 2.72. The van der Waals surface area contributed by atoms with Crippen molar-refractivity contribution in [2.24, 2.45) is 5.73 Å². The number of aromatic nitrogens is 3. The number of nitrogens with zero attached hydrogens (tertiary/aromatic N) is 3. The number of hydrogen-bond donors (Lipinski definition) is 2. The number of pyridine rings is 1. The minimum absolute atomic E-state index is 0.131. The van der Waals surface area contributed by atoms with Crippen LogP contribution in [-0.4, -0.2) is 27.4 Å². The van der Waals surface area contributed by atoms with E-state index in [1.54, 1.807) is 36.7 Å². The van der Waals surface area contributed by atoms with Crippen LogP contribution in [0, 0.1) is 11.6 Å². The molecule has 0 aliphatic rings. The third-order valence-electron chi connectivity index (χ3n) is 4.29. The quantitative estimate of drug-likeness (QED) is 0.543. The maximum absolute atomic E-state index is 14.2. The monoisotopic (exact) mass is 391 g/mol. The van der Waals surface area contributed by atoms with Gasteiger partial charge in [0.25, 0.3) is 0 Å². The van der Waals surface area contributed by atoms with Gasteiger partial charge in [-0.25, -0.2) is 18.7 Å². The summed E-state index contributed by atoms with van der Waals surface area (Å²) in [5.41, 5.74) is 7.29. The van der Waals surface area contributed by atoms with Crippen molar-refractivity contribution in [2.45, 2.75) is 0 Å². The van der Waals surface area contributed by atoms with E-state index >= 15 is 0 Å². The summed E-state index contributed by atoms with van der Waals surface area (Å²) < 4.78 is 27.5. The minimum atomic E-state index is -0.677. The molecule has 2 aromatic heterocycles. The van der Waals surface area contributed by atoms with Crippen LogP contribution in [0.2, 0.25) is 0 Å². The number of halogens is 2. The van der Waals surface area contributed by atoms with Crippen molar-refractivity contribution in [1.29, 1.82) is 0 Å². The van der Waals surface area contributed by atoms with Crippen molar-refractivity contribution >= 4 is 22.6 Å². The van der Waals surface area contributed by atoms with E-state index in [4.69, 9.17) is 5.73 Å². The van der Waals surface area contributed by atoms with Gasteiger partial charge in [0, 0.05) is 35.0 Å². The van der Waals surface area contributed by atoms with E-state index < -0.39 is 17.5 Å². The van der Waals surface area contributed by atoms with Crippen LogP contribution < -0.4 is 11.1 Å². The first-order chi connectivity index (χ1) is 14.0. The zero-order valence-corrected chi connectivity index (χ0v) is 15.1. The third-order valence-corrected chi connectivity index (χ3v) is 4.29. The lowest BCUT2D eigenvalue weighted by Crippen LogP contribution is -2.22. The molecular weight excluding hydrogens is 376 g/mol. The van der Waals surface area contributed by atoms with Gasteiger partial charge in [-0.3, -0.25) is 9.78 Å². The van der Waals surface area contributed by atoms with Crippen molar-refractivity contribution in [3.05, 3.63) is 72.6 Å². The molecule has 0 saturated carbocycles. The van der Waals surface area contributed by atoms with Gasteiger partial charge < -0.3 is 11.1 Å². The van der Waals surface area contributed by atoms with Crippen LogP contribution in [0.4, 0.5) is 14.6 Å². The zero-order valence-electron chi connectivity index (χ0n) is 15.1. The molecule has 144 valence electrons. The number of amides is 1. The molecule has 3 N–H and O–H groups in total. The minimum Gasteiger partial charge on any atom is -0.368 e. The van der Waals surface area contributed by atoms with Crippen molar-refractivity contribution in [2.75, 3.05) is 11.9 Å². The predicted octanol–water partition coefficient (Wildman–Crippen LogP) is 3.53. The first-order valence-electron chi connectivity index (χ1n) is 8.71. The maximum Gasteiger partial charge on any atom is 0.236 e. The largest absolute Gasteiger partial charge is 0.368 e. The Morgan fingerprint density at radius 1 is 1.03 bits per heavy atom. The van der Waals surface area contributed by atoms with Crippen molar-refractivity contribution < 1.29 is 13.6 Å². The number of carbonyl (C=O) groups excluding carboxylic acids is 1. The van der Waals surface area contributed by atoms with Gasteiger partial charge in [0.1, 0.15) is 17.5 Å². The second-order valence-corrected chi connectivity index (χ2v) is 6.31. The molecule has 4 aromatic rings. The Hall–Kier alpha value is -3.94. The Morgan fingerprint density at radius 2 is 1.90 bits per heavy atom. The number of rotatable bonds is 5. The Labute approximate surface area is 164 Å². The maximum atomic E-state index is 14.2. The number of carbonyl (C=O) groups is 1. The molecule has 0 unspecified atom stereocenters. The summed E-state index contributed by atoms with van der Waals surface area (Å²) in [4.78, 5) is 24.4. The summed E-state index contributed by atoms with van der Waals surface area (Å²) in [7, 11) is 0. The molecule has 0 spiro atoms. The highest BCUT2D eigenvalue weighted by Crippen LogP contribution is 2.30. The number of hydrogen-bond acceptors (Lipinski definition) is 5. The van der Waals surface area contributed by atoms with E-state index in [9.17, 15) is 13.6 Å². The Kier molecular flexibility index (Phi) is 4.82. The van der Waals surface area contributed by atoms with Gasteiger partial charge in [0.05, 0.1) is 12.1 Å². The lowest BCUT2D eigenvalue weighted by molar-refractivity contribution is -0.116. The van der Waals surface area contributed by atoms with Gasteiger partial charge in [-0.15, -0.1) is 0 Å². The molecule has 0 atom stereocenters. The van der Waals surface area contributed by atoms with E-state index in [-0.39, 0.29) is 12.1 Å². The Morgan fingerprint density at radius 3 is 2.62 bits per heavy atom. The fourth-order valence-corrected chi connectivity index (χ4v) is 2.95. The number of anilines is 1. The summed E-state index contributed by atoms with van der Waals surface area (Å²) >= 11 is 0. The molecule has 6 nitrogen and oxygen atoms in total. The fourth-order valence-electron chi connectivity index (χ4n) is 2.95. The summed E-state index contributed by atoms with van der Waals surface area (Å²) in [6.45, 7) is -0.131. The highest BCUT2D eigenvalue weighted by Gasteiger charge is 2.13. The smallest absolute Gasteiger partial charge is 0.236 e. The molecule has 0 saturated heterocycles. The van der Waals surface area contributed by atoms with E-state index in [0.717, 1.165) is 6.07 Å². The van der Waals surface area contributed by atoms with Crippen molar-refractivity contribution in [3.63, 3.8) is 0 Å². The highest BCUT2D eigenvalue weighted by molar-refractivity contribution is 5.95. The van der Waals surface area contributed by atoms with E-state index in [2.05, 4.69) is 20.3 Å². The van der Waals surface area contributed by atoms with Crippen LogP contribution in [-0.2, 0) is 4.79 Å². The van der Waals surface area contributed by atoms with Crippen LogP contribution in [0.3, 0.4) is 0 Å². The second kappa shape index (κ2) is 7.59. The number of benzene rings is 2. The second-order valence-electron chi connectivity index (χ2n) is 6.31. The molecule has 1 amide bonds. The highest BCUT2D eigenvalue weighted by atomic mass is 19.1. The topological polar surface area (TPSA) is 93.8 Å². The average molecular weight is 391 g/mol. The van der Waals surface area contributed by atoms with Gasteiger partial charge in [0.15, 0.2) is 5.82 Å². The van der Waals surface area contributed by atoms with E-state index in [1.165, 1.54) is 12.1 Å². The number of nitrogens with two attached hydrogens (primary N) is 1. The van der Waals surface area contributed by atoms with Gasteiger partial charge in [-0.05, 0) is 42.0 Å². The molecule has 29 heavy (non-hydrogen) atoms. The molecule has 0 aliphatic heterocycles. The lowest BCUT2D eigenvalue weighted by Gasteiger charge is -2.12. The SMILES string of the molecule is NC(=O)CNc1nc(-c2cccnc2)nc2ccc(-c3ccc(F)cc3F)cc12. The van der Waals surface area contributed by atoms with Gasteiger partial charge in [-0.2, -0.15) is 0 Å². The molecule has 0 radical (unpaired) electrons. The predicted molar refractivity (Wildman–Crippen MR) is 106 cm³/mol. The van der Waals surface area contributed by atoms with Gasteiger partial charge in [-0.1, -0.05) is 6.07 Å². The Bertz CT molecular complexity index is 1210. The van der Waals surface area contributed by atoms with Crippen molar-refractivity contribution in [1.82, 2.24) is 15.0 Å². The van der Waals surface area contributed by atoms with Crippen LogP contribution >= 0.6 is 0 Å². The van der Waals surface area contributed by atoms with Crippen LogP contribution in [0.25, 0.3) is 33.4 Å². The van der Waals surface area contributed by atoms with Gasteiger partial charge in [0.2, 0.25) is 5.91 Å². The molecule has 2 heterocycles. The molecule has 0 bridgehead atoms. The molecule has 0 fully saturated rings. The van der Waals surface area contributed by atoms with E-state index in [1.807, 2.05) is 6.07 Å². The molecule has 2 aromatic carbocycles. The molecule has 8 heteroatoms. The van der Waals surface area contributed by atoms with Crippen LogP contribution in [0.5, 0.6) is 0 Å². The molecule has 0 aliphatic carbocycles. The number of nitrogens with one attached hydrogen (secondary N) is 1. The standard InChI is InChI=1S/C21H15F2N5O/c22-14-4-5-15(17(23)9-14)12-3-6-18-16(8-12)21(26-11-19(24)29)28-20(27-18)13-2-1-7-25-10-13/h1-10H,11H2,(H2,24,29)(H,26,27,28). The zero-order chi connectivity index (χ0) is 20.4. The summed E-state index contributed by atoms with van der Waals surface area (Å²) in [6.07, 6.45) is 3.27. The first kappa shape index (κ1) is 18.4. The summed E-state index contributed by atoms with van der Waals surface area (Å²) in [5, 5.41) is 3.47. The number of fused-ring (bicyclic) bond motifs is 1. The van der Waals surface area contributed by atoms with Gasteiger partial charge >= 0.3 is 0 Å². The summed E-state index contributed by atoms with van der Waals surface area (Å²) in [5.74, 6) is -1.10. The normalized spacial score (nSPS) is 10.8. The van der Waals surface area contributed by atoms with E-state index in [0.29, 0.717) is 33.7 Å². The number of primary amides is 1. The molecular formula is C21H15F2N5O. The molecule has 4 rings (SSSR count). The first-order valence-corrected chi connectivity index (χ1v) is 8.71. The van der Waals surface area contributed by atoms with Crippen LogP contribution in [0.15, 0.2) is 60.9 Å². The fraction of sp³-hybridized carbons (Fsp3) is 0.0476. The van der Waals surface area contributed by atoms with Crippen molar-refractivity contribution in [3.8, 4) is 22.5 Å². The third kappa shape index (κ3) is 3.86. The summed E-state index contributed by atoms with van der Waals surface area (Å²) in [6, 6.07) is 12.1. The lowest BCUT2D eigenvalue weighted by atomic mass is 10.0. The Balaban J connectivity index is 1.88.